The van der Waals surface area contributed by atoms with Gasteiger partial charge in [0.2, 0.25) is 5.91 Å². The molecular formula is C19H29F2NO2. The van der Waals surface area contributed by atoms with Crippen LogP contribution >= 0.6 is 0 Å². The number of carbonyl (C=O) groups excluding carboxylic acids is 2. The number of primary amides is 1. The summed E-state index contributed by atoms with van der Waals surface area (Å²) in [5.41, 5.74) is 5.48. The van der Waals surface area contributed by atoms with Crippen molar-refractivity contribution < 1.29 is 18.4 Å². The summed E-state index contributed by atoms with van der Waals surface area (Å²) < 4.78 is 26.4. The van der Waals surface area contributed by atoms with Gasteiger partial charge in [0, 0.05) is 17.9 Å². The number of halogens is 2. The number of carbonyl (C=O) groups is 2. The Labute approximate surface area is 143 Å². The predicted octanol–water partition coefficient (Wildman–Crippen LogP) is 4.28. The van der Waals surface area contributed by atoms with Crippen LogP contribution < -0.4 is 5.73 Å². The lowest BCUT2D eigenvalue weighted by atomic mass is 9.69. The van der Waals surface area contributed by atoms with Crippen LogP contribution in [0.3, 0.4) is 0 Å². The van der Waals surface area contributed by atoms with Crippen LogP contribution in [0.5, 0.6) is 0 Å². The Morgan fingerprint density at radius 1 is 1.08 bits per heavy atom. The second-order valence-corrected chi connectivity index (χ2v) is 6.78. The molecule has 0 bridgehead atoms. The summed E-state index contributed by atoms with van der Waals surface area (Å²) in [6.07, 6.45) is 0.557. The van der Waals surface area contributed by atoms with Crippen LogP contribution in [-0.2, 0) is 16.0 Å². The molecule has 1 aromatic rings. The van der Waals surface area contributed by atoms with E-state index in [4.69, 9.17) is 5.73 Å². The summed E-state index contributed by atoms with van der Waals surface area (Å²) in [4.78, 5) is 23.7. The van der Waals surface area contributed by atoms with Crippen LogP contribution in [0.4, 0.5) is 8.78 Å². The van der Waals surface area contributed by atoms with Crippen molar-refractivity contribution >= 4 is 11.7 Å². The van der Waals surface area contributed by atoms with Crippen LogP contribution in [0, 0.1) is 28.9 Å². The molecule has 24 heavy (non-hydrogen) atoms. The van der Waals surface area contributed by atoms with E-state index in [9.17, 15) is 18.4 Å². The molecule has 0 spiro atoms. The number of hydrogen-bond acceptors (Lipinski definition) is 2. The van der Waals surface area contributed by atoms with Crippen molar-refractivity contribution in [1.82, 2.24) is 0 Å². The fourth-order valence-corrected chi connectivity index (χ4v) is 3.05. The van der Waals surface area contributed by atoms with Crippen molar-refractivity contribution in [1.29, 1.82) is 0 Å². The number of amides is 1. The normalized spacial score (nSPS) is 13.5. The van der Waals surface area contributed by atoms with Crippen LogP contribution in [0.15, 0.2) is 18.2 Å². The minimum atomic E-state index is -0.663. The van der Waals surface area contributed by atoms with Crippen LogP contribution in [0.1, 0.15) is 53.5 Å². The number of nitrogens with two attached hydrogens (primary N) is 1. The molecule has 0 radical (unpaired) electrons. The lowest BCUT2D eigenvalue weighted by Gasteiger charge is -2.33. The fourth-order valence-electron chi connectivity index (χ4n) is 3.05. The summed E-state index contributed by atoms with van der Waals surface area (Å²) in [6, 6.07) is 3.24. The average Bonchev–Trinajstić information content (AvgIpc) is 2.42. The summed E-state index contributed by atoms with van der Waals surface area (Å²) in [7, 11) is 0. The van der Waals surface area contributed by atoms with Gasteiger partial charge in [-0.05, 0) is 42.9 Å². The summed E-state index contributed by atoms with van der Waals surface area (Å²) >= 11 is 0. The third-order valence-electron chi connectivity index (χ3n) is 3.81. The number of aryl methyl sites for hydroxylation is 1. The Balaban J connectivity index is 0.00000254. The standard InChI is InChI=1S/C17H23F2NO2.C2H6/c1-10(21)15(17(2,3)4)14(16(20)22)6-5-11-7-12(18)9-13(19)8-11;1-2/h7-9,14-15H,5-6H2,1-4H3,(H2,20,22);1-2H3/t14-,15?;/m0./s1. The highest BCUT2D eigenvalue weighted by Gasteiger charge is 2.38. The van der Waals surface area contributed by atoms with Gasteiger partial charge in [0.15, 0.2) is 0 Å². The van der Waals surface area contributed by atoms with Crippen molar-refractivity contribution in [3.63, 3.8) is 0 Å². The molecule has 1 unspecified atom stereocenters. The third-order valence-corrected chi connectivity index (χ3v) is 3.81. The summed E-state index contributed by atoms with van der Waals surface area (Å²) in [6.45, 7) is 11.1. The Kier molecular flexibility index (Phi) is 8.80. The minimum Gasteiger partial charge on any atom is -0.369 e. The number of benzene rings is 1. The molecular weight excluding hydrogens is 312 g/mol. The maximum absolute atomic E-state index is 13.2. The topological polar surface area (TPSA) is 60.2 Å². The molecule has 0 aromatic heterocycles. The first-order valence-electron chi connectivity index (χ1n) is 8.27. The van der Waals surface area contributed by atoms with Crippen molar-refractivity contribution in [2.24, 2.45) is 23.0 Å². The molecule has 0 aliphatic heterocycles. The van der Waals surface area contributed by atoms with E-state index in [1.54, 1.807) is 0 Å². The van der Waals surface area contributed by atoms with Gasteiger partial charge in [0.1, 0.15) is 17.4 Å². The predicted molar refractivity (Wildman–Crippen MR) is 92.3 cm³/mol. The smallest absolute Gasteiger partial charge is 0.221 e. The lowest BCUT2D eigenvalue weighted by molar-refractivity contribution is -0.135. The molecule has 136 valence electrons. The highest BCUT2D eigenvalue weighted by molar-refractivity contribution is 5.87. The molecule has 0 aliphatic carbocycles. The van der Waals surface area contributed by atoms with Crippen molar-refractivity contribution in [3.05, 3.63) is 35.4 Å². The average molecular weight is 341 g/mol. The number of hydrogen-bond donors (Lipinski definition) is 1. The molecule has 2 atom stereocenters. The largest absolute Gasteiger partial charge is 0.369 e. The lowest BCUT2D eigenvalue weighted by Crippen LogP contribution is -2.41. The van der Waals surface area contributed by atoms with Crippen molar-refractivity contribution in [3.8, 4) is 0 Å². The van der Waals surface area contributed by atoms with Gasteiger partial charge in [-0.3, -0.25) is 9.59 Å². The molecule has 0 saturated heterocycles. The Morgan fingerprint density at radius 3 is 1.88 bits per heavy atom. The quantitative estimate of drug-likeness (QED) is 0.839. The summed E-state index contributed by atoms with van der Waals surface area (Å²) in [5, 5.41) is 0. The maximum atomic E-state index is 13.2. The van der Waals surface area contributed by atoms with Gasteiger partial charge in [-0.2, -0.15) is 0 Å². The van der Waals surface area contributed by atoms with Gasteiger partial charge >= 0.3 is 0 Å². The van der Waals surface area contributed by atoms with Crippen LogP contribution in [0.25, 0.3) is 0 Å². The zero-order valence-electron chi connectivity index (χ0n) is 15.5. The SMILES string of the molecule is CC.CC(=O)C([C@H](CCc1cc(F)cc(F)c1)C(N)=O)C(C)(C)C. The monoisotopic (exact) mass is 341 g/mol. The molecule has 0 heterocycles. The van der Waals surface area contributed by atoms with Crippen LogP contribution in [-0.4, -0.2) is 11.7 Å². The number of ketones is 1. The minimum absolute atomic E-state index is 0.110. The molecule has 0 saturated carbocycles. The molecule has 5 heteroatoms. The van der Waals surface area contributed by atoms with Crippen LogP contribution in [0.2, 0.25) is 0 Å². The van der Waals surface area contributed by atoms with E-state index in [2.05, 4.69) is 0 Å². The number of rotatable bonds is 6. The van der Waals surface area contributed by atoms with E-state index in [1.165, 1.54) is 19.1 Å². The maximum Gasteiger partial charge on any atom is 0.221 e. The Hall–Kier alpha value is -1.78. The highest BCUT2D eigenvalue weighted by atomic mass is 19.1. The molecule has 0 aliphatic rings. The van der Waals surface area contributed by atoms with E-state index in [-0.39, 0.29) is 18.6 Å². The van der Waals surface area contributed by atoms with E-state index < -0.39 is 34.8 Å². The fraction of sp³-hybridized carbons (Fsp3) is 0.579. The zero-order valence-corrected chi connectivity index (χ0v) is 15.5. The van der Waals surface area contributed by atoms with Gasteiger partial charge in [-0.15, -0.1) is 0 Å². The van der Waals surface area contributed by atoms with Gasteiger partial charge in [-0.25, -0.2) is 8.78 Å². The first-order valence-corrected chi connectivity index (χ1v) is 8.27. The molecule has 1 amide bonds. The molecule has 1 aromatic carbocycles. The van der Waals surface area contributed by atoms with E-state index in [0.29, 0.717) is 5.56 Å². The van der Waals surface area contributed by atoms with Crippen molar-refractivity contribution in [2.45, 2.75) is 54.4 Å². The first-order chi connectivity index (χ1) is 11.0. The molecule has 0 fully saturated rings. The number of Topliss-reactive ketones (excluding diaryl/α,β-unsaturated/α-hetero) is 1. The van der Waals surface area contributed by atoms with E-state index in [0.717, 1.165) is 6.07 Å². The third kappa shape index (κ3) is 6.77. The van der Waals surface area contributed by atoms with Gasteiger partial charge < -0.3 is 5.73 Å². The summed E-state index contributed by atoms with van der Waals surface area (Å²) in [5.74, 6) is -3.19. The first kappa shape index (κ1) is 22.2. The zero-order chi connectivity index (χ0) is 19.1. The Bertz CT molecular complexity index is 545. The molecule has 2 N–H and O–H groups in total. The van der Waals surface area contributed by atoms with Gasteiger partial charge in [-0.1, -0.05) is 34.6 Å². The molecule has 1 rings (SSSR count). The van der Waals surface area contributed by atoms with Gasteiger partial charge in [0.25, 0.3) is 0 Å². The highest BCUT2D eigenvalue weighted by Crippen LogP contribution is 2.35. The second kappa shape index (κ2) is 9.50. The van der Waals surface area contributed by atoms with Gasteiger partial charge in [0.05, 0.1) is 0 Å². The Morgan fingerprint density at radius 2 is 1.54 bits per heavy atom. The van der Waals surface area contributed by atoms with Crippen molar-refractivity contribution in [2.75, 3.05) is 0 Å². The second-order valence-electron chi connectivity index (χ2n) is 6.78. The van der Waals surface area contributed by atoms with E-state index >= 15 is 0 Å². The van der Waals surface area contributed by atoms with E-state index in [1.807, 2.05) is 34.6 Å². The molecule has 3 nitrogen and oxygen atoms in total.